The van der Waals surface area contributed by atoms with Gasteiger partial charge in [-0.1, -0.05) is 11.6 Å². The number of aryl methyl sites for hydroxylation is 1. The minimum absolute atomic E-state index is 0.278. The minimum Gasteiger partial charge on any atom is -0.497 e. The number of rotatable bonds is 6. The Morgan fingerprint density at radius 2 is 1.71 bits per heavy atom. The number of anilines is 1. The predicted molar refractivity (Wildman–Crippen MR) is 94.5 cm³/mol. The van der Waals surface area contributed by atoms with E-state index in [-0.39, 0.29) is 5.91 Å². The number of amides is 1. The summed E-state index contributed by atoms with van der Waals surface area (Å²) >= 11 is 5.92. The summed E-state index contributed by atoms with van der Waals surface area (Å²) in [5.41, 5.74) is 1.43. The molecule has 2 aromatic carbocycles. The molecule has 0 aliphatic rings. The monoisotopic (exact) mass is 349 g/mol. The lowest BCUT2D eigenvalue weighted by Crippen LogP contribution is -2.30. The normalized spacial score (nSPS) is 11.5. The molecule has 6 heteroatoms. The zero-order valence-electron chi connectivity index (χ0n) is 14.1. The molecule has 1 amide bonds. The summed E-state index contributed by atoms with van der Waals surface area (Å²) in [4.78, 5) is 12.4. The Hall–Kier alpha value is -2.40. The third-order valence-electron chi connectivity index (χ3n) is 3.43. The molecule has 0 radical (unpaired) electrons. The van der Waals surface area contributed by atoms with E-state index in [1.807, 2.05) is 6.92 Å². The predicted octanol–water partition coefficient (Wildman–Crippen LogP) is 4.07. The van der Waals surface area contributed by atoms with E-state index in [4.69, 9.17) is 25.8 Å². The molecule has 0 heterocycles. The van der Waals surface area contributed by atoms with Gasteiger partial charge >= 0.3 is 0 Å². The van der Waals surface area contributed by atoms with Crippen LogP contribution in [-0.2, 0) is 4.79 Å². The molecular formula is C18H20ClNO4. The van der Waals surface area contributed by atoms with Gasteiger partial charge in [0.15, 0.2) is 6.10 Å². The molecule has 0 saturated heterocycles. The van der Waals surface area contributed by atoms with E-state index in [0.717, 1.165) is 5.56 Å². The molecule has 1 unspecified atom stereocenters. The second kappa shape index (κ2) is 7.93. The Bertz CT molecular complexity index is 711. The van der Waals surface area contributed by atoms with Gasteiger partial charge in [-0.25, -0.2) is 0 Å². The van der Waals surface area contributed by atoms with Crippen molar-refractivity contribution in [2.75, 3.05) is 19.5 Å². The highest BCUT2D eigenvalue weighted by molar-refractivity contribution is 6.30. The highest BCUT2D eigenvalue weighted by Gasteiger charge is 2.17. The highest BCUT2D eigenvalue weighted by Crippen LogP contribution is 2.26. The van der Waals surface area contributed by atoms with Crippen LogP contribution in [0.1, 0.15) is 12.5 Å². The van der Waals surface area contributed by atoms with Crippen molar-refractivity contribution in [1.82, 2.24) is 0 Å². The maximum absolute atomic E-state index is 12.4. The van der Waals surface area contributed by atoms with Crippen molar-refractivity contribution in [3.05, 3.63) is 47.0 Å². The van der Waals surface area contributed by atoms with Gasteiger partial charge in [-0.3, -0.25) is 4.79 Å². The lowest BCUT2D eigenvalue weighted by atomic mass is 10.2. The quantitative estimate of drug-likeness (QED) is 0.854. The third kappa shape index (κ3) is 4.55. The fraction of sp³-hybridized carbons (Fsp3) is 0.278. The van der Waals surface area contributed by atoms with E-state index >= 15 is 0 Å². The molecule has 0 aliphatic carbocycles. The molecular weight excluding hydrogens is 330 g/mol. The van der Waals surface area contributed by atoms with Crippen molar-refractivity contribution in [3.8, 4) is 17.2 Å². The summed E-state index contributed by atoms with van der Waals surface area (Å²) in [7, 11) is 3.10. The number of halogens is 1. The molecule has 0 spiro atoms. The van der Waals surface area contributed by atoms with Crippen molar-refractivity contribution < 1.29 is 19.0 Å². The van der Waals surface area contributed by atoms with E-state index in [2.05, 4.69) is 5.32 Å². The van der Waals surface area contributed by atoms with Crippen LogP contribution in [0.3, 0.4) is 0 Å². The summed E-state index contributed by atoms with van der Waals surface area (Å²) < 4.78 is 16.1. The van der Waals surface area contributed by atoms with Crippen LogP contribution in [0, 0.1) is 6.92 Å². The Labute approximate surface area is 146 Å². The molecule has 128 valence electrons. The zero-order valence-corrected chi connectivity index (χ0v) is 14.8. The second-order valence-corrected chi connectivity index (χ2v) is 5.70. The molecule has 0 aromatic heterocycles. The van der Waals surface area contributed by atoms with Gasteiger partial charge in [-0.2, -0.15) is 0 Å². The zero-order chi connectivity index (χ0) is 17.7. The fourth-order valence-corrected chi connectivity index (χ4v) is 2.34. The Morgan fingerprint density at radius 1 is 1.08 bits per heavy atom. The highest BCUT2D eigenvalue weighted by atomic mass is 35.5. The number of benzene rings is 2. The number of hydrogen-bond donors (Lipinski definition) is 1. The summed E-state index contributed by atoms with van der Waals surface area (Å²) in [6.45, 7) is 3.56. The van der Waals surface area contributed by atoms with Crippen molar-refractivity contribution in [2.45, 2.75) is 20.0 Å². The van der Waals surface area contributed by atoms with Gasteiger partial charge in [-0.15, -0.1) is 0 Å². The van der Waals surface area contributed by atoms with Crippen molar-refractivity contribution in [2.24, 2.45) is 0 Å². The van der Waals surface area contributed by atoms with Gasteiger partial charge < -0.3 is 19.5 Å². The van der Waals surface area contributed by atoms with E-state index in [1.165, 1.54) is 0 Å². The van der Waals surface area contributed by atoms with E-state index < -0.39 is 6.10 Å². The second-order valence-electron chi connectivity index (χ2n) is 5.26. The van der Waals surface area contributed by atoms with Crippen LogP contribution in [-0.4, -0.2) is 26.2 Å². The smallest absolute Gasteiger partial charge is 0.265 e. The fourth-order valence-electron chi connectivity index (χ4n) is 2.11. The molecule has 2 aromatic rings. The van der Waals surface area contributed by atoms with Crippen LogP contribution < -0.4 is 19.5 Å². The van der Waals surface area contributed by atoms with Crippen LogP contribution in [0.15, 0.2) is 36.4 Å². The van der Waals surface area contributed by atoms with Crippen LogP contribution >= 0.6 is 11.6 Å². The summed E-state index contributed by atoms with van der Waals surface area (Å²) in [6, 6.07) is 10.4. The van der Waals surface area contributed by atoms with Gasteiger partial charge in [0.2, 0.25) is 0 Å². The van der Waals surface area contributed by atoms with Crippen molar-refractivity contribution in [1.29, 1.82) is 0 Å². The van der Waals surface area contributed by atoms with Crippen LogP contribution in [0.5, 0.6) is 17.2 Å². The van der Waals surface area contributed by atoms with Gasteiger partial charge in [0, 0.05) is 28.9 Å². The minimum atomic E-state index is -0.679. The number of hydrogen-bond acceptors (Lipinski definition) is 4. The molecule has 5 nitrogen and oxygen atoms in total. The Balaban J connectivity index is 2.08. The molecule has 1 N–H and O–H groups in total. The summed E-state index contributed by atoms with van der Waals surface area (Å²) in [5, 5.41) is 3.42. The maximum atomic E-state index is 12.4. The largest absolute Gasteiger partial charge is 0.497 e. The average Bonchev–Trinajstić information content (AvgIpc) is 2.56. The van der Waals surface area contributed by atoms with E-state index in [1.54, 1.807) is 57.5 Å². The first kappa shape index (κ1) is 17.9. The van der Waals surface area contributed by atoms with Crippen LogP contribution in [0.25, 0.3) is 0 Å². The lowest BCUT2D eigenvalue weighted by molar-refractivity contribution is -0.122. The van der Waals surface area contributed by atoms with Gasteiger partial charge in [0.25, 0.3) is 5.91 Å². The third-order valence-corrected chi connectivity index (χ3v) is 3.66. The Kier molecular flexibility index (Phi) is 5.93. The number of nitrogens with one attached hydrogen (secondary N) is 1. The lowest BCUT2D eigenvalue weighted by Gasteiger charge is -2.17. The molecule has 2 rings (SSSR count). The molecule has 0 bridgehead atoms. The molecule has 1 atom stereocenters. The number of carbonyl (C=O) groups is 1. The first-order chi connectivity index (χ1) is 11.4. The molecule has 0 aliphatic heterocycles. The Morgan fingerprint density at radius 3 is 2.25 bits per heavy atom. The summed E-state index contributed by atoms with van der Waals surface area (Å²) in [5.74, 6) is 1.52. The number of methoxy groups -OCH3 is 2. The molecule has 24 heavy (non-hydrogen) atoms. The van der Waals surface area contributed by atoms with Crippen LogP contribution in [0.4, 0.5) is 5.69 Å². The SMILES string of the molecule is COc1cc(NC(=O)C(C)Oc2ccc(Cl)cc2C)cc(OC)c1. The van der Waals surface area contributed by atoms with Crippen molar-refractivity contribution >= 4 is 23.2 Å². The van der Waals surface area contributed by atoms with Gasteiger partial charge in [0.1, 0.15) is 17.2 Å². The van der Waals surface area contributed by atoms with Gasteiger partial charge in [-0.05, 0) is 37.6 Å². The topological polar surface area (TPSA) is 56.8 Å². The summed E-state index contributed by atoms with van der Waals surface area (Å²) in [6.07, 6.45) is -0.679. The number of carbonyl (C=O) groups excluding carboxylic acids is 1. The van der Waals surface area contributed by atoms with E-state index in [0.29, 0.717) is 28.0 Å². The standard InChI is InChI=1S/C18H20ClNO4/c1-11-7-13(19)5-6-17(11)24-12(2)18(21)20-14-8-15(22-3)10-16(9-14)23-4/h5-10,12H,1-4H3,(H,20,21). The van der Waals surface area contributed by atoms with Crippen molar-refractivity contribution in [3.63, 3.8) is 0 Å². The first-order valence-electron chi connectivity index (χ1n) is 7.39. The first-order valence-corrected chi connectivity index (χ1v) is 7.77. The molecule has 0 fully saturated rings. The van der Waals surface area contributed by atoms with Gasteiger partial charge in [0.05, 0.1) is 14.2 Å². The maximum Gasteiger partial charge on any atom is 0.265 e. The molecule has 0 saturated carbocycles. The number of ether oxygens (including phenoxy) is 3. The van der Waals surface area contributed by atoms with E-state index in [9.17, 15) is 4.79 Å². The average molecular weight is 350 g/mol. The van der Waals surface area contributed by atoms with Crippen LogP contribution in [0.2, 0.25) is 5.02 Å².